The second kappa shape index (κ2) is 7.76. The van der Waals surface area contributed by atoms with Crippen LogP contribution in [0.4, 0.5) is 5.95 Å². The third-order valence-electron chi connectivity index (χ3n) is 2.92. The highest BCUT2D eigenvalue weighted by Gasteiger charge is 2.27. The normalized spacial score (nSPS) is 12.2. The van der Waals surface area contributed by atoms with Gasteiger partial charge in [-0.1, -0.05) is 13.3 Å². The largest absolute Gasteiger partial charge is 0.465 e. The molecule has 1 rings (SSSR count). The standard InChI is InChI=1S/C13H23N3O3/c1-5-9-10(12(17)18-8-4)11-14-13(15-19-11)16(6-2)7-3/h10H,5-9H2,1-4H3. The first-order valence-corrected chi connectivity index (χ1v) is 6.92. The lowest BCUT2D eigenvalue weighted by atomic mass is 10.0. The quantitative estimate of drug-likeness (QED) is 0.675. The molecule has 0 radical (unpaired) electrons. The predicted molar refractivity (Wildman–Crippen MR) is 72.1 cm³/mol. The Labute approximate surface area is 114 Å². The lowest BCUT2D eigenvalue weighted by Gasteiger charge is -2.14. The van der Waals surface area contributed by atoms with Crippen molar-refractivity contribution in [2.24, 2.45) is 0 Å². The molecule has 0 saturated heterocycles. The molecule has 0 aromatic carbocycles. The van der Waals surface area contributed by atoms with Crippen LogP contribution in [0.2, 0.25) is 0 Å². The Bertz CT molecular complexity index is 388. The summed E-state index contributed by atoms with van der Waals surface area (Å²) in [6, 6.07) is 0. The second-order valence-electron chi connectivity index (χ2n) is 4.20. The molecule has 1 atom stereocenters. The van der Waals surface area contributed by atoms with E-state index in [0.29, 0.717) is 24.9 Å². The summed E-state index contributed by atoms with van der Waals surface area (Å²) in [6.07, 6.45) is 1.51. The van der Waals surface area contributed by atoms with Crippen LogP contribution in [0.25, 0.3) is 0 Å². The second-order valence-corrected chi connectivity index (χ2v) is 4.20. The van der Waals surface area contributed by atoms with Gasteiger partial charge in [0.15, 0.2) is 0 Å². The summed E-state index contributed by atoms with van der Waals surface area (Å²) in [4.78, 5) is 18.2. The highest BCUT2D eigenvalue weighted by Crippen LogP contribution is 2.23. The molecule has 108 valence electrons. The van der Waals surface area contributed by atoms with Gasteiger partial charge in [-0.15, -0.1) is 0 Å². The number of nitrogens with zero attached hydrogens (tertiary/aromatic N) is 3. The first kappa shape index (κ1) is 15.5. The van der Waals surface area contributed by atoms with Crippen LogP contribution in [0.3, 0.4) is 0 Å². The molecule has 6 heteroatoms. The van der Waals surface area contributed by atoms with E-state index in [0.717, 1.165) is 19.5 Å². The Morgan fingerprint density at radius 1 is 1.32 bits per heavy atom. The molecule has 0 bridgehead atoms. The number of carbonyl (C=O) groups excluding carboxylic acids is 1. The molecule has 1 heterocycles. The smallest absolute Gasteiger partial charge is 0.318 e. The molecular formula is C13H23N3O3. The summed E-state index contributed by atoms with van der Waals surface area (Å²) < 4.78 is 10.3. The monoisotopic (exact) mass is 269 g/mol. The number of ether oxygens (including phenoxy) is 1. The maximum atomic E-state index is 11.9. The molecule has 6 nitrogen and oxygen atoms in total. The predicted octanol–water partition coefficient (Wildman–Crippen LogP) is 2.36. The van der Waals surface area contributed by atoms with Crippen LogP contribution in [0.15, 0.2) is 4.52 Å². The molecule has 0 saturated carbocycles. The van der Waals surface area contributed by atoms with E-state index in [4.69, 9.17) is 9.26 Å². The highest BCUT2D eigenvalue weighted by molar-refractivity contribution is 5.76. The van der Waals surface area contributed by atoms with Crippen molar-refractivity contribution in [1.82, 2.24) is 10.1 Å². The van der Waals surface area contributed by atoms with E-state index in [2.05, 4.69) is 10.1 Å². The van der Waals surface area contributed by atoms with E-state index < -0.39 is 5.92 Å². The molecule has 0 N–H and O–H groups in total. The maximum Gasteiger partial charge on any atom is 0.318 e. The Morgan fingerprint density at radius 3 is 2.53 bits per heavy atom. The third kappa shape index (κ3) is 3.94. The van der Waals surface area contributed by atoms with Gasteiger partial charge in [0.2, 0.25) is 5.89 Å². The van der Waals surface area contributed by atoms with Crippen LogP contribution in [0.5, 0.6) is 0 Å². The van der Waals surface area contributed by atoms with Crippen molar-refractivity contribution in [3.05, 3.63) is 5.89 Å². The molecule has 19 heavy (non-hydrogen) atoms. The van der Waals surface area contributed by atoms with Gasteiger partial charge in [0.05, 0.1) is 6.61 Å². The minimum absolute atomic E-state index is 0.293. The summed E-state index contributed by atoms with van der Waals surface area (Å²) in [5, 5.41) is 3.94. The number of anilines is 1. The topological polar surface area (TPSA) is 68.5 Å². The Balaban J connectivity index is 2.88. The van der Waals surface area contributed by atoms with Gasteiger partial charge in [-0.25, -0.2) is 0 Å². The van der Waals surface area contributed by atoms with Crippen LogP contribution in [-0.4, -0.2) is 35.8 Å². The molecule has 1 aromatic heterocycles. The van der Waals surface area contributed by atoms with Crippen molar-refractivity contribution in [2.75, 3.05) is 24.6 Å². The number of hydrogen-bond acceptors (Lipinski definition) is 6. The van der Waals surface area contributed by atoms with Gasteiger partial charge in [-0.3, -0.25) is 4.79 Å². The Morgan fingerprint density at radius 2 is 2.00 bits per heavy atom. The summed E-state index contributed by atoms with van der Waals surface area (Å²) in [5.41, 5.74) is 0. The molecule has 0 amide bonds. The van der Waals surface area contributed by atoms with Crippen LogP contribution >= 0.6 is 0 Å². The van der Waals surface area contributed by atoms with E-state index in [-0.39, 0.29) is 5.97 Å². The van der Waals surface area contributed by atoms with E-state index in [1.165, 1.54) is 0 Å². The first-order valence-electron chi connectivity index (χ1n) is 6.92. The fourth-order valence-corrected chi connectivity index (χ4v) is 1.88. The van der Waals surface area contributed by atoms with Crippen LogP contribution in [0.1, 0.15) is 52.3 Å². The van der Waals surface area contributed by atoms with Crippen molar-refractivity contribution in [3.8, 4) is 0 Å². The van der Waals surface area contributed by atoms with Gasteiger partial charge >= 0.3 is 5.97 Å². The fourth-order valence-electron chi connectivity index (χ4n) is 1.88. The summed E-state index contributed by atoms with van der Waals surface area (Å²) in [7, 11) is 0. The first-order chi connectivity index (χ1) is 9.17. The SMILES string of the molecule is CCCC(C(=O)OCC)c1nc(N(CC)CC)no1. The van der Waals surface area contributed by atoms with Gasteiger partial charge in [0.25, 0.3) is 5.95 Å². The number of esters is 1. The van der Waals surface area contributed by atoms with Gasteiger partial charge in [-0.2, -0.15) is 4.98 Å². The van der Waals surface area contributed by atoms with Crippen molar-refractivity contribution >= 4 is 11.9 Å². The summed E-state index contributed by atoms with van der Waals surface area (Å²) >= 11 is 0. The average molecular weight is 269 g/mol. The van der Waals surface area contributed by atoms with Crippen molar-refractivity contribution in [1.29, 1.82) is 0 Å². The average Bonchev–Trinajstić information content (AvgIpc) is 2.87. The zero-order chi connectivity index (χ0) is 14.3. The highest BCUT2D eigenvalue weighted by atomic mass is 16.5. The molecule has 1 aromatic rings. The van der Waals surface area contributed by atoms with Crippen LogP contribution < -0.4 is 4.90 Å². The number of rotatable bonds is 8. The van der Waals surface area contributed by atoms with Crippen LogP contribution in [-0.2, 0) is 9.53 Å². The number of aromatic nitrogens is 2. The zero-order valence-electron chi connectivity index (χ0n) is 12.2. The zero-order valence-corrected chi connectivity index (χ0v) is 12.2. The van der Waals surface area contributed by atoms with Crippen molar-refractivity contribution < 1.29 is 14.1 Å². The number of hydrogen-bond donors (Lipinski definition) is 0. The molecule has 1 unspecified atom stereocenters. The van der Waals surface area contributed by atoms with E-state index in [1.54, 1.807) is 6.92 Å². The van der Waals surface area contributed by atoms with Crippen molar-refractivity contribution in [3.63, 3.8) is 0 Å². The molecule has 0 aliphatic carbocycles. The fraction of sp³-hybridized carbons (Fsp3) is 0.769. The van der Waals surface area contributed by atoms with Gasteiger partial charge in [-0.05, 0) is 32.3 Å². The molecule has 0 aliphatic rings. The lowest BCUT2D eigenvalue weighted by Crippen LogP contribution is -2.23. The minimum Gasteiger partial charge on any atom is -0.465 e. The molecule has 0 fully saturated rings. The minimum atomic E-state index is -0.457. The maximum absolute atomic E-state index is 11.9. The van der Waals surface area contributed by atoms with E-state index >= 15 is 0 Å². The molecular weight excluding hydrogens is 246 g/mol. The lowest BCUT2D eigenvalue weighted by molar-refractivity contribution is -0.145. The Hall–Kier alpha value is -1.59. The number of carbonyl (C=O) groups is 1. The summed E-state index contributed by atoms with van der Waals surface area (Å²) in [5.74, 6) is 0.133. The summed E-state index contributed by atoms with van der Waals surface area (Å²) in [6.45, 7) is 9.80. The van der Waals surface area contributed by atoms with E-state index in [9.17, 15) is 4.79 Å². The van der Waals surface area contributed by atoms with Crippen molar-refractivity contribution in [2.45, 2.75) is 46.5 Å². The Kier molecular flexibility index (Phi) is 6.32. The molecule has 0 aliphatic heterocycles. The van der Waals surface area contributed by atoms with Crippen LogP contribution in [0, 0.1) is 0 Å². The van der Waals surface area contributed by atoms with Gasteiger partial charge in [0, 0.05) is 13.1 Å². The third-order valence-corrected chi connectivity index (χ3v) is 2.92. The van der Waals surface area contributed by atoms with Gasteiger partial charge < -0.3 is 14.2 Å². The van der Waals surface area contributed by atoms with E-state index in [1.807, 2.05) is 25.7 Å². The molecule has 0 spiro atoms. The van der Waals surface area contributed by atoms with Gasteiger partial charge in [0.1, 0.15) is 5.92 Å².